The molecule has 2 aromatic rings. The molecule has 32 heavy (non-hydrogen) atoms. The molecule has 1 amide bonds. The number of rotatable bonds is 9. The third-order valence-corrected chi connectivity index (χ3v) is 5.03. The van der Waals surface area contributed by atoms with Gasteiger partial charge in [-0.15, -0.1) is 0 Å². The number of ketones is 1. The average Bonchev–Trinajstić information content (AvgIpc) is 3.03. The molecule has 1 atom stereocenters. The number of H-pyrrole nitrogens is 1. The zero-order valence-electron chi connectivity index (χ0n) is 19.3. The van der Waals surface area contributed by atoms with Crippen LogP contribution in [0, 0.1) is 26.7 Å². The van der Waals surface area contributed by atoms with Crippen molar-refractivity contribution in [2.45, 2.75) is 47.6 Å². The van der Waals surface area contributed by atoms with Gasteiger partial charge in [-0.05, 0) is 51.3 Å². The van der Waals surface area contributed by atoms with E-state index in [1.54, 1.807) is 52.8 Å². The van der Waals surface area contributed by atoms with Gasteiger partial charge in [0.1, 0.15) is 11.7 Å². The molecule has 0 saturated carbocycles. The smallest absolute Gasteiger partial charge is 0.355 e. The van der Waals surface area contributed by atoms with Gasteiger partial charge in [-0.1, -0.05) is 31.5 Å². The molecule has 2 N–H and O–H groups in total. The first kappa shape index (κ1) is 24.8. The SMILES string of the molecule is CCOC(=O)c1[nH]c(C)c(C(=O)COC(=O)[C@@H](NC(=O)c2cccc(C)c2)C(C)C)c1C. The number of nitrogens with one attached hydrogen (secondary N) is 2. The lowest BCUT2D eigenvalue weighted by atomic mass is 10.0. The number of amides is 1. The van der Waals surface area contributed by atoms with E-state index in [0.29, 0.717) is 16.8 Å². The van der Waals surface area contributed by atoms with Crippen LogP contribution in [0.3, 0.4) is 0 Å². The maximum Gasteiger partial charge on any atom is 0.355 e. The maximum absolute atomic E-state index is 12.7. The van der Waals surface area contributed by atoms with Crippen molar-refractivity contribution in [3.05, 3.63) is 57.9 Å². The summed E-state index contributed by atoms with van der Waals surface area (Å²) in [7, 11) is 0. The number of esters is 2. The molecule has 0 aliphatic rings. The zero-order chi connectivity index (χ0) is 24.0. The van der Waals surface area contributed by atoms with E-state index >= 15 is 0 Å². The molecule has 0 saturated heterocycles. The van der Waals surface area contributed by atoms with E-state index in [4.69, 9.17) is 9.47 Å². The summed E-state index contributed by atoms with van der Waals surface area (Å²) >= 11 is 0. The number of aryl methyl sites for hydroxylation is 2. The number of aromatic nitrogens is 1. The van der Waals surface area contributed by atoms with Crippen LogP contribution < -0.4 is 5.32 Å². The summed E-state index contributed by atoms with van der Waals surface area (Å²) in [5, 5.41) is 2.69. The predicted octanol–water partition coefficient (Wildman–Crippen LogP) is 3.30. The van der Waals surface area contributed by atoms with Gasteiger partial charge in [0.05, 0.1) is 6.61 Å². The molecule has 0 aliphatic carbocycles. The number of aromatic amines is 1. The van der Waals surface area contributed by atoms with Crippen LogP contribution in [0.15, 0.2) is 24.3 Å². The molecule has 0 radical (unpaired) electrons. The molecule has 172 valence electrons. The summed E-state index contributed by atoms with van der Waals surface area (Å²) in [5.74, 6) is -2.36. The molecule has 0 spiro atoms. The third-order valence-electron chi connectivity index (χ3n) is 5.03. The summed E-state index contributed by atoms with van der Waals surface area (Å²) in [6, 6.07) is 6.10. The van der Waals surface area contributed by atoms with Crippen LogP contribution >= 0.6 is 0 Å². The Balaban J connectivity index is 2.08. The van der Waals surface area contributed by atoms with Gasteiger partial charge in [-0.25, -0.2) is 9.59 Å². The van der Waals surface area contributed by atoms with E-state index in [1.165, 1.54) is 0 Å². The van der Waals surface area contributed by atoms with Crippen LogP contribution in [0.1, 0.15) is 68.8 Å². The van der Waals surface area contributed by atoms with E-state index in [0.717, 1.165) is 5.56 Å². The quantitative estimate of drug-likeness (QED) is 0.455. The summed E-state index contributed by atoms with van der Waals surface area (Å²) in [5.41, 5.74) is 2.76. The number of ether oxygens (including phenoxy) is 2. The van der Waals surface area contributed by atoms with Crippen molar-refractivity contribution in [1.82, 2.24) is 10.3 Å². The van der Waals surface area contributed by atoms with Gasteiger partial charge in [-0.2, -0.15) is 0 Å². The Hall–Kier alpha value is -3.42. The highest BCUT2D eigenvalue weighted by Gasteiger charge is 2.28. The highest BCUT2D eigenvalue weighted by Crippen LogP contribution is 2.20. The molecular weight excluding hydrogens is 412 g/mol. The molecule has 8 nitrogen and oxygen atoms in total. The summed E-state index contributed by atoms with van der Waals surface area (Å²) in [6.45, 7) is 10.1. The summed E-state index contributed by atoms with van der Waals surface area (Å²) < 4.78 is 10.2. The number of Topliss-reactive ketones (excluding diaryl/α,β-unsaturated/α-hetero) is 1. The molecule has 0 bridgehead atoms. The number of benzene rings is 1. The third kappa shape index (κ3) is 5.84. The molecule has 1 aromatic carbocycles. The molecular formula is C24H30N2O6. The van der Waals surface area contributed by atoms with E-state index in [9.17, 15) is 19.2 Å². The molecule has 0 aliphatic heterocycles. The Bertz CT molecular complexity index is 1020. The molecule has 8 heteroatoms. The first-order valence-electron chi connectivity index (χ1n) is 10.5. The summed E-state index contributed by atoms with van der Waals surface area (Å²) in [6.07, 6.45) is 0. The zero-order valence-corrected chi connectivity index (χ0v) is 19.3. The van der Waals surface area contributed by atoms with Gasteiger partial charge in [0, 0.05) is 16.8 Å². The lowest BCUT2D eigenvalue weighted by Gasteiger charge is -2.21. The Morgan fingerprint density at radius 1 is 1.06 bits per heavy atom. The standard InChI is InChI=1S/C24H30N2O6/c1-7-31-24(30)21-15(5)19(16(6)25-21)18(27)12-32-23(29)20(13(2)3)26-22(28)17-10-8-9-14(4)11-17/h8-11,13,20,25H,7,12H2,1-6H3,(H,26,28)/t20-/m0/s1. The van der Waals surface area contributed by atoms with Crippen molar-refractivity contribution in [1.29, 1.82) is 0 Å². The fourth-order valence-corrected chi connectivity index (χ4v) is 3.38. The van der Waals surface area contributed by atoms with Gasteiger partial charge in [0.2, 0.25) is 5.78 Å². The minimum absolute atomic E-state index is 0.199. The second-order valence-corrected chi connectivity index (χ2v) is 7.94. The number of carbonyl (C=O) groups is 4. The van der Waals surface area contributed by atoms with Gasteiger partial charge in [-0.3, -0.25) is 9.59 Å². The Labute approximate surface area is 187 Å². The normalized spacial score (nSPS) is 11.7. The second-order valence-electron chi connectivity index (χ2n) is 7.94. The van der Waals surface area contributed by atoms with Crippen LogP contribution in [-0.2, 0) is 14.3 Å². The molecule has 0 fully saturated rings. The van der Waals surface area contributed by atoms with Crippen molar-refractivity contribution < 1.29 is 28.7 Å². The predicted molar refractivity (Wildman–Crippen MR) is 119 cm³/mol. The van der Waals surface area contributed by atoms with Gasteiger partial charge in [0.25, 0.3) is 5.91 Å². The van der Waals surface area contributed by atoms with Crippen molar-refractivity contribution >= 4 is 23.6 Å². The summed E-state index contributed by atoms with van der Waals surface area (Å²) in [4.78, 5) is 52.8. The second kappa shape index (κ2) is 10.7. The number of hydrogen-bond acceptors (Lipinski definition) is 6. The fraction of sp³-hybridized carbons (Fsp3) is 0.417. The van der Waals surface area contributed by atoms with Crippen molar-refractivity contribution in [3.8, 4) is 0 Å². The van der Waals surface area contributed by atoms with Crippen molar-refractivity contribution in [2.75, 3.05) is 13.2 Å². The van der Waals surface area contributed by atoms with Crippen LogP contribution in [0.25, 0.3) is 0 Å². The average molecular weight is 443 g/mol. The lowest BCUT2D eigenvalue weighted by molar-refractivity contribution is -0.145. The van der Waals surface area contributed by atoms with Crippen LogP contribution in [0.5, 0.6) is 0 Å². The Kier molecular flexibility index (Phi) is 8.34. The minimum Gasteiger partial charge on any atom is -0.461 e. The van der Waals surface area contributed by atoms with Gasteiger partial charge < -0.3 is 19.8 Å². The van der Waals surface area contributed by atoms with E-state index in [2.05, 4.69) is 10.3 Å². The topological polar surface area (TPSA) is 115 Å². The van der Waals surface area contributed by atoms with Crippen LogP contribution in [0.4, 0.5) is 0 Å². The molecule has 0 unspecified atom stereocenters. The largest absolute Gasteiger partial charge is 0.461 e. The molecule has 2 rings (SSSR count). The Morgan fingerprint density at radius 2 is 1.75 bits per heavy atom. The number of hydrogen-bond donors (Lipinski definition) is 2. The Morgan fingerprint density at radius 3 is 2.34 bits per heavy atom. The van der Waals surface area contributed by atoms with E-state index in [1.807, 2.05) is 13.0 Å². The monoisotopic (exact) mass is 442 g/mol. The van der Waals surface area contributed by atoms with Crippen LogP contribution in [0.2, 0.25) is 0 Å². The first-order chi connectivity index (χ1) is 15.1. The van der Waals surface area contributed by atoms with Crippen molar-refractivity contribution in [3.63, 3.8) is 0 Å². The van der Waals surface area contributed by atoms with Crippen molar-refractivity contribution in [2.24, 2.45) is 5.92 Å². The molecule has 1 heterocycles. The number of carbonyl (C=O) groups excluding carboxylic acids is 4. The fourth-order valence-electron chi connectivity index (χ4n) is 3.38. The highest BCUT2D eigenvalue weighted by atomic mass is 16.5. The highest BCUT2D eigenvalue weighted by molar-refractivity contribution is 6.04. The van der Waals surface area contributed by atoms with E-state index in [-0.39, 0.29) is 23.8 Å². The molecule has 1 aromatic heterocycles. The minimum atomic E-state index is -0.917. The van der Waals surface area contributed by atoms with Gasteiger partial charge in [0.15, 0.2) is 6.61 Å². The van der Waals surface area contributed by atoms with Crippen LogP contribution in [-0.4, -0.2) is 47.9 Å². The van der Waals surface area contributed by atoms with E-state index < -0.39 is 36.3 Å². The first-order valence-corrected chi connectivity index (χ1v) is 10.5. The van der Waals surface area contributed by atoms with Gasteiger partial charge >= 0.3 is 11.9 Å². The maximum atomic E-state index is 12.7. The lowest BCUT2D eigenvalue weighted by Crippen LogP contribution is -2.45.